The zero-order valence-corrected chi connectivity index (χ0v) is 9.77. The van der Waals surface area contributed by atoms with Crippen LogP contribution >= 0.6 is 11.6 Å². The second kappa shape index (κ2) is 5.26. The van der Waals surface area contributed by atoms with Gasteiger partial charge in [0.15, 0.2) is 0 Å². The Balaban J connectivity index is 2.55. The van der Waals surface area contributed by atoms with Gasteiger partial charge >= 0.3 is 0 Å². The zero-order valence-electron chi connectivity index (χ0n) is 9.01. The average molecular weight is 213 g/mol. The molecule has 0 radical (unpaired) electrons. The maximum Gasteiger partial charge on any atom is 0.119 e. The molecule has 2 heteroatoms. The molecule has 0 fully saturated rings. The van der Waals surface area contributed by atoms with Crippen molar-refractivity contribution < 1.29 is 4.74 Å². The topological polar surface area (TPSA) is 9.23 Å². The van der Waals surface area contributed by atoms with Gasteiger partial charge in [-0.2, -0.15) is 0 Å². The number of aryl methyl sites for hydroxylation is 2. The van der Waals surface area contributed by atoms with Crippen molar-refractivity contribution in [3.63, 3.8) is 0 Å². The molecule has 0 aliphatic heterocycles. The molecule has 0 bridgehead atoms. The Morgan fingerprint density at radius 2 is 2.00 bits per heavy atom. The highest BCUT2D eigenvalue weighted by atomic mass is 35.5. The summed E-state index contributed by atoms with van der Waals surface area (Å²) in [5, 5.41) is 0. The summed E-state index contributed by atoms with van der Waals surface area (Å²) in [4.78, 5) is 0. The lowest BCUT2D eigenvalue weighted by Gasteiger charge is -2.11. The second-order valence-electron chi connectivity index (χ2n) is 3.82. The minimum Gasteiger partial charge on any atom is -0.493 e. The fourth-order valence-corrected chi connectivity index (χ4v) is 1.18. The largest absolute Gasteiger partial charge is 0.493 e. The molecule has 78 valence electrons. The van der Waals surface area contributed by atoms with Gasteiger partial charge in [0, 0.05) is 11.8 Å². The highest BCUT2D eigenvalue weighted by Crippen LogP contribution is 2.17. The zero-order chi connectivity index (χ0) is 10.6. The number of ether oxygens (including phenoxy) is 1. The molecule has 0 aromatic heterocycles. The van der Waals surface area contributed by atoms with E-state index in [2.05, 4.69) is 32.9 Å². The first-order valence-corrected chi connectivity index (χ1v) is 5.43. The smallest absolute Gasteiger partial charge is 0.119 e. The summed E-state index contributed by atoms with van der Waals surface area (Å²) in [5.41, 5.74) is 2.56. The highest BCUT2D eigenvalue weighted by molar-refractivity contribution is 6.18. The summed E-state index contributed by atoms with van der Waals surface area (Å²) < 4.78 is 5.61. The van der Waals surface area contributed by atoms with Crippen LogP contribution in [0.3, 0.4) is 0 Å². The monoisotopic (exact) mass is 212 g/mol. The molecule has 1 nitrogen and oxygen atoms in total. The Bertz CT molecular complexity index is 296. The van der Waals surface area contributed by atoms with Crippen LogP contribution < -0.4 is 4.74 Å². The molecule has 0 spiro atoms. The SMILES string of the molecule is Cc1ccc(OCC(C)CCl)cc1C. The van der Waals surface area contributed by atoms with Crippen molar-refractivity contribution in [1.29, 1.82) is 0 Å². The Morgan fingerprint density at radius 1 is 1.29 bits per heavy atom. The lowest BCUT2D eigenvalue weighted by Crippen LogP contribution is -2.09. The van der Waals surface area contributed by atoms with Gasteiger partial charge in [-0.15, -0.1) is 11.6 Å². The van der Waals surface area contributed by atoms with Crippen molar-refractivity contribution in [3.05, 3.63) is 29.3 Å². The molecule has 0 N–H and O–H groups in total. The van der Waals surface area contributed by atoms with E-state index in [9.17, 15) is 0 Å². The first-order chi connectivity index (χ1) is 6.63. The molecule has 1 aromatic carbocycles. The van der Waals surface area contributed by atoms with Crippen molar-refractivity contribution in [2.45, 2.75) is 20.8 Å². The molecule has 1 aromatic rings. The van der Waals surface area contributed by atoms with Crippen LogP contribution in [0.25, 0.3) is 0 Å². The Kier molecular flexibility index (Phi) is 4.27. The number of alkyl halides is 1. The number of rotatable bonds is 4. The summed E-state index contributed by atoms with van der Waals surface area (Å²) in [7, 11) is 0. The molecular formula is C12H17ClO. The van der Waals surface area contributed by atoms with Crippen LogP contribution in [-0.2, 0) is 0 Å². The Labute approximate surface area is 91.0 Å². The Morgan fingerprint density at radius 3 is 2.57 bits per heavy atom. The molecule has 1 unspecified atom stereocenters. The third-order valence-corrected chi connectivity index (χ3v) is 2.80. The lowest BCUT2D eigenvalue weighted by atomic mass is 10.1. The third kappa shape index (κ3) is 3.22. The van der Waals surface area contributed by atoms with E-state index in [-0.39, 0.29) is 0 Å². The van der Waals surface area contributed by atoms with Crippen LogP contribution in [0.4, 0.5) is 0 Å². The molecule has 0 aliphatic rings. The van der Waals surface area contributed by atoms with E-state index in [0.717, 1.165) is 5.75 Å². The van der Waals surface area contributed by atoms with E-state index in [1.54, 1.807) is 0 Å². The van der Waals surface area contributed by atoms with Crippen LogP contribution in [0.2, 0.25) is 0 Å². The summed E-state index contributed by atoms with van der Waals surface area (Å²) in [6.07, 6.45) is 0. The predicted octanol–water partition coefficient (Wildman–Crippen LogP) is 3.56. The molecule has 1 atom stereocenters. The molecule has 0 saturated carbocycles. The van der Waals surface area contributed by atoms with Gasteiger partial charge in [-0.3, -0.25) is 0 Å². The van der Waals surface area contributed by atoms with Crippen LogP contribution in [0.5, 0.6) is 5.75 Å². The minimum absolute atomic E-state index is 0.401. The van der Waals surface area contributed by atoms with Gasteiger partial charge in [0.2, 0.25) is 0 Å². The average Bonchev–Trinajstić information content (AvgIpc) is 2.19. The normalized spacial score (nSPS) is 12.6. The van der Waals surface area contributed by atoms with Gasteiger partial charge < -0.3 is 4.74 Å². The van der Waals surface area contributed by atoms with Crippen molar-refractivity contribution in [2.24, 2.45) is 5.92 Å². The van der Waals surface area contributed by atoms with Gasteiger partial charge in [-0.05, 0) is 37.1 Å². The van der Waals surface area contributed by atoms with Crippen molar-refractivity contribution in [1.82, 2.24) is 0 Å². The first kappa shape index (κ1) is 11.4. The molecule has 0 aliphatic carbocycles. The van der Waals surface area contributed by atoms with Crippen LogP contribution in [-0.4, -0.2) is 12.5 Å². The standard InChI is InChI=1S/C12H17ClO/c1-9(7-13)8-14-12-5-4-10(2)11(3)6-12/h4-6,9H,7-8H2,1-3H3. The van der Waals surface area contributed by atoms with E-state index in [1.165, 1.54) is 11.1 Å². The van der Waals surface area contributed by atoms with Gasteiger partial charge in [0.05, 0.1) is 6.61 Å². The van der Waals surface area contributed by atoms with Crippen molar-refractivity contribution >= 4 is 11.6 Å². The molecule has 0 amide bonds. The Hall–Kier alpha value is -0.690. The molecular weight excluding hydrogens is 196 g/mol. The van der Waals surface area contributed by atoms with E-state index in [1.807, 2.05) is 6.07 Å². The maximum absolute atomic E-state index is 5.69. The van der Waals surface area contributed by atoms with Gasteiger partial charge in [-0.1, -0.05) is 13.0 Å². The summed E-state index contributed by atoms with van der Waals surface area (Å²) >= 11 is 5.69. The van der Waals surface area contributed by atoms with Gasteiger partial charge in [0.25, 0.3) is 0 Å². The van der Waals surface area contributed by atoms with Gasteiger partial charge in [-0.25, -0.2) is 0 Å². The van der Waals surface area contributed by atoms with Crippen molar-refractivity contribution in [2.75, 3.05) is 12.5 Å². The van der Waals surface area contributed by atoms with Crippen molar-refractivity contribution in [3.8, 4) is 5.75 Å². The molecule has 0 heterocycles. The second-order valence-corrected chi connectivity index (χ2v) is 4.13. The fourth-order valence-electron chi connectivity index (χ4n) is 1.09. The first-order valence-electron chi connectivity index (χ1n) is 4.89. The fraction of sp³-hybridized carbons (Fsp3) is 0.500. The van der Waals surface area contributed by atoms with E-state index < -0.39 is 0 Å². The minimum atomic E-state index is 0.401. The summed E-state index contributed by atoms with van der Waals surface area (Å²) in [6, 6.07) is 6.15. The highest BCUT2D eigenvalue weighted by Gasteiger charge is 2.02. The van der Waals surface area contributed by atoms with Crippen LogP contribution in [0.1, 0.15) is 18.1 Å². The van der Waals surface area contributed by atoms with E-state index in [0.29, 0.717) is 18.4 Å². The number of hydrogen-bond donors (Lipinski definition) is 0. The molecule has 1 rings (SSSR count). The van der Waals surface area contributed by atoms with E-state index in [4.69, 9.17) is 16.3 Å². The van der Waals surface area contributed by atoms with Crippen LogP contribution in [0.15, 0.2) is 18.2 Å². The number of halogens is 1. The van der Waals surface area contributed by atoms with E-state index >= 15 is 0 Å². The lowest BCUT2D eigenvalue weighted by molar-refractivity contribution is 0.272. The quantitative estimate of drug-likeness (QED) is 0.694. The molecule has 0 saturated heterocycles. The maximum atomic E-state index is 5.69. The van der Waals surface area contributed by atoms with Gasteiger partial charge in [0.1, 0.15) is 5.75 Å². The third-order valence-electron chi connectivity index (χ3n) is 2.28. The predicted molar refractivity (Wildman–Crippen MR) is 61.3 cm³/mol. The number of hydrogen-bond acceptors (Lipinski definition) is 1. The summed E-state index contributed by atoms with van der Waals surface area (Å²) in [5.74, 6) is 1.98. The van der Waals surface area contributed by atoms with Crippen LogP contribution in [0, 0.1) is 19.8 Å². The molecule has 14 heavy (non-hydrogen) atoms. The summed E-state index contributed by atoms with van der Waals surface area (Å²) in [6.45, 7) is 6.95. The number of benzene rings is 1.